The van der Waals surface area contributed by atoms with Crippen LogP contribution in [-0.2, 0) is 0 Å². The van der Waals surface area contributed by atoms with Crippen molar-refractivity contribution in [1.82, 2.24) is 0 Å². The lowest BCUT2D eigenvalue weighted by molar-refractivity contribution is -0.440. The molecule has 0 radical (unpaired) electrons. The minimum absolute atomic E-state index is 0.0812. The number of rotatable bonds is 3. The lowest BCUT2D eigenvalue weighted by atomic mass is 10.2. The Labute approximate surface area is 89.7 Å². The Morgan fingerprint density at radius 1 is 0.875 bits per heavy atom. The molecule has 0 saturated heterocycles. The minimum atomic E-state index is -1.14. The zero-order chi connectivity index (χ0) is 12.5. The van der Waals surface area contributed by atoms with Gasteiger partial charge >= 0.3 is 17.1 Å². The molecule has 1 aromatic rings. The highest BCUT2D eigenvalue weighted by atomic mass is 31.0. The summed E-state index contributed by atoms with van der Waals surface area (Å²) in [6, 6.07) is 1.92. The topological polar surface area (TPSA) is 129 Å². The van der Waals surface area contributed by atoms with Gasteiger partial charge in [-0.3, -0.25) is 30.3 Å². The molecule has 0 saturated carbocycles. The van der Waals surface area contributed by atoms with E-state index in [1.807, 2.05) is 9.24 Å². The molecule has 9 nitrogen and oxygen atoms in total. The summed E-state index contributed by atoms with van der Waals surface area (Å²) in [5, 5.41) is 31.6. The summed E-state index contributed by atoms with van der Waals surface area (Å²) < 4.78 is 0. The van der Waals surface area contributed by atoms with Gasteiger partial charge in [-0.15, -0.1) is 0 Å². The van der Waals surface area contributed by atoms with E-state index in [1.54, 1.807) is 0 Å². The standard InChI is InChI=1S/C6H4N3O6P/c10-7(11)3-1-2-4(16)6(9(14)15)5(3)8(12)13/h1-2H,16H2. The Hall–Kier alpha value is -2.15. The van der Waals surface area contributed by atoms with E-state index in [9.17, 15) is 30.3 Å². The molecule has 0 spiro atoms. The Bertz CT molecular complexity index is 501. The average Bonchev–Trinajstić information content (AvgIpc) is 2.15. The highest BCUT2D eigenvalue weighted by Crippen LogP contribution is 2.35. The van der Waals surface area contributed by atoms with Crippen LogP contribution in [0.25, 0.3) is 0 Å². The SMILES string of the molecule is O=[N+]([O-])c1ccc(P)c([N+](=O)[O-])c1[N+](=O)[O-]. The lowest BCUT2D eigenvalue weighted by Crippen LogP contribution is -2.08. The predicted molar refractivity (Wildman–Crippen MR) is 55.7 cm³/mol. The monoisotopic (exact) mass is 245 g/mol. The Morgan fingerprint density at radius 2 is 1.38 bits per heavy atom. The molecular weight excluding hydrogens is 241 g/mol. The zero-order valence-corrected chi connectivity index (χ0v) is 8.68. The Morgan fingerprint density at radius 3 is 1.75 bits per heavy atom. The van der Waals surface area contributed by atoms with Crippen molar-refractivity contribution >= 4 is 31.6 Å². The second-order valence-electron chi connectivity index (χ2n) is 2.64. The minimum Gasteiger partial charge on any atom is -0.258 e. The van der Waals surface area contributed by atoms with Crippen LogP contribution in [0.3, 0.4) is 0 Å². The van der Waals surface area contributed by atoms with E-state index in [-0.39, 0.29) is 5.30 Å². The van der Waals surface area contributed by atoms with Crippen LogP contribution in [0.5, 0.6) is 0 Å². The van der Waals surface area contributed by atoms with Crippen molar-refractivity contribution in [3.8, 4) is 0 Å². The number of benzene rings is 1. The van der Waals surface area contributed by atoms with Crippen molar-refractivity contribution in [1.29, 1.82) is 0 Å². The number of nitro groups is 3. The molecule has 10 heteroatoms. The van der Waals surface area contributed by atoms with E-state index in [0.717, 1.165) is 12.1 Å². The molecule has 1 rings (SSSR count). The average molecular weight is 245 g/mol. The first-order valence-electron chi connectivity index (χ1n) is 3.72. The molecule has 0 aliphatic heterocycles. The maximum absolute atomic E-state index is 10.6. The molecule has 0 bridgehead atoms. The van der Waals surface area contributed by atoms with Gasteiger partial charge in [-0.25, -0.2) is 0 Å². The van der Waals surface area contributed by atoms with Crippen LogP contribution in [0.4, 0.5) is 17.1 Å². The number of hydrogen-bond acceptors (Lipinski definition) is 6. The normalized spacial score (nSPS) is 9.81. The van der Waals surface area contributed by atoms with Gasteiger partial charge in [0.25, 0.3) is 0 Å². The summed E-state index contributed by atoms with van der Waals surface area (Å²) in [6.45, 7) is 0. The molecule has 84 valence electrons. The summed E-state index contributed by atoms with van der Waals surface area (Å²) in [6.07, 6.45) is 0. The van der Waals surface area contributed by atoms with Crippen LogP contribution in [0.15, 0.2) is 12.1 Å². The van der Waals surface area contributed by atoms with E-state index in [4.69, 9.17) is 0 Å². The van der Waals surface area contributed by atoms with Gasteiger partial charge in [-0.1, -0.05) is 9.24 Å². The largest absolute Gasteiger partial charge is 0.422 e. The fraction of sp³-hybridized carbons (Fsp3) is 0. The Kier molecular flexibility index (Phi) is 3.09. The van der Waals surface area contributed by atoms with Crippen molar-refractivity contribution in [2.75, 3.05) is 0 Å². The summed E-state index contributed by atoms with van der Waals surface area (Å²) in [5.41, 5.74) is -2.89. The van der Waals surface area contributed by atoms with Crippen molar-refractivity contribution < 1.29 is 14.8 Å². The van der Waals surface area contributed by atoms with Crippen LogP contribution in [-0.4, -0.2) is 14.8 Å². The quantitative estimate of drug-likeness (QED) is 0.442. The zero-order valence-electron chi connectivity index (χ0n) is 7.52. The van der Waals surface area contributed by atoms with E-state index >= 15 is 0 Å². The molecular formula is C6H4N3O6P. The second-order valence-corrected chi connectivity index (χ2v) is 3.26. The van der Waals surface area contributed by atoms with Gasteiger partial charge in [-0.05, 0) is 6.07 Å². The number of nitrogens with zero attached hydrogens (tertiary/aromatic N) is 3. The van der Waals surface area contributed by atoms with Crippen LogP contribution >= 0.6 is 9.24 Å². The fourth-order valence-electron chi connectivity index (χ4n) is 1.10. The first kappa shape index (κ1) is 11.9. The molecule has 0 aliphatic rings. The second kappa shape index (κ2) is 4.15. The summed E-state index contributed by atoms with van der Waals surface area (Å²) in [5.74, 6) is 0. The summed E-state index contributed by atoms with van der Waals surface area (Å²) >= 11 is 0. The van der Waals surface area contributed by atoms with Crippen molar-refractivity contribution in [2.45, 2.75) is 0 Å². The van der Waals surface area contributed by atoms with Crippen LogP contribution < -0.4 is 5.30 Å². The third kappa shape index (κ3) is 1.94. The molecule has 1 aromatic carbocycles. The molecule has 16 heavy (non-hydrogen) atoms. The highest BCUT2D eigenvalue weighted by Gasteiger charge is 2.37. The number of nitro benzene ring substituents is 3. The maximum Gasteiger partial charge on any atom is 0.422 e. The molecule has 1 atom stereocenters. The Balaban J connectivity index is 3.70. The third-order valence-electron chi connectivity index (χ3n) is 1.72. The molecule has 0 aliphatic carbocycles. The molecule has 0 heterocycles. The van der Waals surface area contributed by atoms with E-state index in [0.29, 0.717) is 0 Å². The number of hydrogen-bond donors (Lipinski definition) is 0. The summed E-state index contributed by atoms with van der Waals surface area (Å²) in [4.78, 5) is 28.5. The predicted octanol–water partition coefficient (Wildman–Crippen LogP) is 0.912. The summed E-state index contributed by atoms with van der Waals surface area (Å²) in [7, 11) is 1.92. The fourth-order valence-corrected chi connectivity index (χ4v) is 1.44. The van der Waals surface area contributed by atoms with Gasteiger partial charge in [0, 0.05) is 6.07 Å². The van der Waals surface area contributed by atoms with Crippen LogP contribution in [0.2, 0.25) is 0 Å². The van der Waals surface area contributed by atoms with E-state index < -0.39 is 31.8 Å². The first-order chi connectivity index (χ1) is 7.36. The van der Waals surface area contributed by atoms with Gasteiger partial charge in [-0.2, -0.15) is 0 Å². The maximum atomic E-state index is 10.6. The highest BCUT2D eigenvalue weighted by molar-refractivity contribution is 7.28. The molecule has 0 amide bonds. The van der Waals surface area contributed by atoms with Crippen molar-refractivity contribution in [2.24, 2.45) is 0 Å². The van der Waals surface area contributed by atoms with Crippen LogP contribution in [0, 0.1) is 30.3 Å². The van der Waals surface area contributed by atoms with Gasteiger partial charge in [0.2, 0.25) is 0 Å². The molecule has 0 N–H and O–H groups in total. The smallest absolute Gasteiger partial charge is 0.258 e. The first-order valence-corrected chi connectivity index (χ1v) is 4.29. The molecule has 0 fully saturated rings. The van der Waals surface area contributed by atoms with Gasteiger partial charge in [0.1, 0.15) is 0 Å². The lowest BCUT2D eigenvalue weighted by Gasteiger charge is -1.98. The van der Waals surface area contributed by atoms with E-state index in [1.165, 1.54) is 0 Å². The van der Waals surface area contributed by atoms with Gasteiger partial charge < -0.3 is 0 Å². The van der Waals surface area contributed by atoms with Crippen LogP contribution in [0.1, 0.15) is 0 Å². The third-order valence-corrected chi connectivity index (χ3v) is 2.19. The van der Waals surface area contributed by atoms with Gasteiger partial charge in [0.05, 0.1) is 20.1 Å². The van der Waals surface area contributed by atoms with Crippen molar-refractivity contribution in [3.63, 3.8) is 0 Å². The van der Waals surface area contributed by atoms with E-state index in [2.05, 4.69) is 0 Å². The van der Waals surface area contributed by atoms with Gasteiger partial charge in [0.15, 0.2) is 0 Å². The molecule has 1 unspecified atom stereocenters. The molecule has 0 aromatic heterocycles. The van der Waals surface area contributed by atoms with Crippen molar-refractivity contribution in [3.05, 3.63) is 42.5 Å².